The van der Waals surface area contributed by atoms with Gasteiger partial charge >= 0.3 is 0 Å². The van der Waals surface area contributed by atoms with Gasteiger partial charge in [-0.05, 0) is 30.5 Å². The molecule has 0 unspecified atom stereocenters. The predicted molar refractivity (Wildman–Crippen MR) is 106 cm³/mol. The number of halogens is 1. The molecule has 1 fully saturated rings. The summed E-state index contributed by atoms with van der Waals surface area (Å²) < 4.78 is 12.6. The third-order valence-electron chi connectivity index (χ3n) is 5.52. The van der Waals surface area contributed by atoms with Crippen LogP contribution < -0.4 is 9.47 Å². The molecule has 1 aliphatic heterocycles. The number of ether oxygens (including phenoxy) is 2. The van der Waals surface area contributed by atoms with Crippen molar-refractivity contribution in [2.45, 2.75) is 51.6 Å². The molecule has 2 aliphatic rings. The van der Waals surface area contributed by atoms with Crippen molar-refractivity contribution in [1.29, 1.82) is 0 Å². The van der Waals surface area contributed by atoms with Crippen LogP contribution in [0.4, 0.5) is 0 Å². The van der Waals surface area contributed by atoms with Crippen LogP contribution in [0.15, 0.2) is 24.4 Å². The molecule has 0 radical (unpaired) electrons. The van der Waals surface area contributed by atoms with Crippen LogP contribution in [-0.2, 0) is 24.9 Å². The summed E-state index contributed by atoms with van der Waals surface area (Å²) in [5.74, 6) is 1.76. The average molecular weight is 404 g/mol. The Labute approximate surface area is 170 Å². The first kappa shape index (κ1) is 19.1. The van der Waals surface area contributed by atoms with E-state index >= 15 is 0 Å². The lowest BCUT2D eigenvalue weighted by Gasteiger charge is -2.27. The van der Waals surface area contributed by atoms with E-state index in [0.29, 0.717) is 18.1 Å². The minimum Gasteiger partial charge on any atom is -0.454 e. The van der Waals surface area contributed by atoms with Crippen molar-refractivity contribution in [3.05, 3.63) is 40.7 Å². The summed E-state index contributed by atoms with van der Waals surface area (Å²) in [6, 6.07) is 5.84. The number of benzene rings is 1. The summed E-state index contributed by atoms with van der Waals surface area (Å²) in [6.07, 6.45) is 8.39. The SMILES string of the molecule is Cn1cc(Cl)c(CN(Cc2ccc3c(c2)OCO3)C(=O)C2CCCCCC2)n1. The number of nitrogens with zero attached hydrogens (tertiary/aromatic N) is 3. The van der Waals surface area contributed by atoms with Gasteiger partial charge < -0.3 is 14.4 Å². The van der Waals surface area contributed by atoms with Gasteiger partial charge in [0.1, 0.15) is 5.69 Å². The van der Waals surface area contributed by atoms with E-state index in [-0.39, 0.29) is 18.6 Å². The van der Waals surface area contributed by atoms with E-state index in [4.69, 9.17) is 21.1 Å². The zero-order chi connectivity index (χ0) is 19.5. The first-order chi connectivity index (χ1) is 13.6. The van der Waals surface area contributed by atoms with E-state index in [2.05, 4.69) is 5.10 Å². The van der Waals surface area contributed by atoms with Crippen molar-refractivity contribution in [2.24, 2.45) is 13.0 Å². The van der Waals surface area contributed by atoms with Gasteiger partial charge in [0.25, 0.3) is 0 Å². The van der Waals surface area contributed by atoms with Gasteiger partial charge in [-0.1, -0.05) is 43.4 Å². The van der Waals surface area contributed by atoms with Gasteiger partial charge in [-0.15, -0.1) is 0 Å². The molecular weight excluding hydrogens is 378 g/mol. The molecule has 1 aliphatic carbocycles. The smallest absolute Gasteiger partial charge is 0.231 e. The van der Waals surface area contributed by atoms with Crippen molar-refractivity contribution in [3.63, 3.8) is 0 Å². The van der Waals surface area contributed by atoms with Gasteiger partial charge in [0, 0.05) is 25.7 Å². The third-order valence-corrected chi connectivity index (χ3v) is 5.84. The van der Waals surface area contributed by atoms with Crippen molar-refractivity contribution < 1.29 is 14.3 Å². The number of rotatable bonds is 5. The maximum absolute atomic E-state index is 13.4. The van der Waals surface area contributed by atoms with Crippen LogP contribution in [0.2, 0.25) is 5.02 Å². The molecule has 1 aromatic heterocycles. The highest BCUT2D eigenvalue weighted by Crippen LogP contribution is 2.33. The highest BCUT2D eigenvalue weighted by atomic mass is 35.5. The van der Waals surface area contributed by atoms with Crippen molar-refractivity contribution in [1.82, 2.24) is 14.7 Å². The summed E-state index contributed by atoms with van der Waals surface area (Å²) in [5, 5.41) is 5.03. The quantitative estimate of drug-likeness (QED) is 0.698. The normalized spacial score (nSPS) is 16.8. The van der Waals surface area contributed by atoms with Crippen LogP contribution in [0, 0.1) is 5.92 Å². The Morgan fingerprint density at radius 2 is 1.93 bits per heavy atom. The molecule has 2 aromatic rings. The number of hydrogen-bond acceptors (Lipinski definition) is 4. The minimum atomic E-state index is 0.0824. The maximum atomic E-state index is 13.4. The van der Waals surface area contributed by atoms with Crippen molar-refractivity contribution >= 4 is 17.5 Å². The lowest BCUT2D eigenvalue weighted by Crippen LogP contribution is -2.35. The van der Waals surface area contributed by atoms with E-state index in [1.165, 1.54) is 12.8 Å². The molecule has 0 N–H and O–H groups in total. The molecule has 7 heteroatoms. The number of amides is 1. The molecule has 0 atom stereocenters. The summed E-state index contributed by atoms with van der Waals surface area (Å²) in [5.41, 5.74) is 1.74. The van der Waals surface area contributed by atoms with Gasteiger partial charge in [0.05, 0.1) is 11.6 Å². The number of aryl methyl sites for hydroxylation is 1. The lowest BCUT2D eigenvalue weighted by atomic mass is 9.98. The summed E-state index contributed by atoms with van der Waals surface area (Å²) >= 11 is 6.33. The predicted octanol–water partition coefficient (Wildman–Crippen LogP) is 4.30. The zero-order valence-electron chi connectivity index (χ0n) is 16.2. The van der Waals surface area contributed by atoms with E-state index < -0.39 is 0 Å². The number of carbonyl (C=O) groups excluding carboxylic acids is 1. The molecule has 0 spiro atoms. The van der Waals surface area contributed by atoms with E-state index in [0.717, 1.165) is 48.4 Å². The number of carbonyl (C=O) groups is 1. The molecule has 4 rings (SSSR count). The van der Waals surface area contributed by atoms with Gasteiger partial charge in [0.15, 0.2) is 11.5 Å². The number of hydrogen-bond donors (Lipinski definition) is 0. The largest absolute Gasteiger partial charge is 0.454 e. The van der Waals surface area contributed by atoms with E-state index in [1.54, 1.807) is 10.9 Å². The molecule has 28 heavy (non-hydrogen) atoms. The molecule has 1 aromatic carbocycles. The second kappa shape index (κ2) is 8.43. The highest BCUT2D eigenvalue weighted by molar-refractivity contribution is 6.31. The minimum absolute atomic E-state index is 0.0824. The Balaban J connectivity index is 1.56. The highest BCUT2D eigenvalue weighted by Gasteiger charge is 2.27. The maximum Gasteiger partial charge on any atom is 0.231 e. The number of aromatic nitrogens is 2. The van der Waals surface area contributed by atoms with Gasteiger partial charge in [-0.2, -0.15) is 5.10 Å². The molecule has 0 saturated heterocycles. The second-order valence-corrected chi connectivity index (χ2v) is 8.08. The topological polar surface area (TPSA) is 56.6 Å². The first-order valence-electron chi connectivity index (χ1n) is 9.95. The summed E-state index contributed by atoms with van der Waals surface area (Å²) in [7, 11) is 1.84. The van der Waals surface area contributed by atoms with Crippen molar-refractivity contribution in [2.75, 3.05) is 6.79 Å². The molecule has 0 bridgehead atoms. The monoisotopic (exact) mass is 403 g/mol. The van der Waals surface area contributed by atoms with Crippen LogP contribution in [0.3, 0.4) is 0 Å². The molecular formula is C21H26ClN3O3. The Bertz CT molecular complexity index is 843. The summed E-state index contributed by atoms with van der Waals surface area (Å²) in [6.45, 7) is 1.15. The molecule has 2 heterocycles. The Hall–Kier alpha value is -2.21. The zero-order valence-corrected chi connectivity index (χ0v) is 17.0. The fourth-order valence-electron chi connectivity index (χ4n) is 4.05. The van der Waals surface area contributed by atoms with Crippen LogP contribution in [0.25, 0.3) is 0 Å². The van der Waals surface area contributed by atoms with Crippen LogP contribution in [0.5, 0.6) is 11.5 Å². The standard InChI is InChI=1S/C21H26ClN3O3/c1-24-12-17(22)18(23-24)13-25(21(26)16-6-4-2-3-5-7-16)11-15-8-9-19-20(10-15)28-14-27-19/h8-10,12,16H,2-7,11,13-14H2,1H3. The Morgan fingerprint density at radius 3 is 2.64 bits per heavy atom. The molecule has 150 valence electrons. The number of fused-ring (bicyclic) bond motifs is 1. The van der Waals surface area contributed by atoms with E-state index in [1.807, 2.05) is 30.1 Å². The lowest BCUT2D eigenvalue weighted by molar-refractivity contribution is -0.137. The van der Waals surface area contributed by atoms with E-state index in [9.17, 15) is 4.79 Å². The molecule has 1 saturated carbocycles. The molecule has 1 amide bonds. The van der Waals surface area contributed by atoms with Gasteiger partial charge in [-0.25, -0.2) is 0 Å². The fourth-order valence-corrected chi connectivity index (χ4v) is 4.29. The Morgan fingerprint density at radius 1 is 1.18 bits per heavy atom. The fraction of sp³-hybridized carbons (Fsp3) is 0.524. The van der Waals surface area contributed by atoms with Crippen LogP contribution >= 0.6 is 11.6 Å². The Kier molecular flexibility index (Phi) is 5.76. The second-order valence-electron chi connectivity index (χ2n) is 7.67. The first-order valence-corrected chi connectivity index (χ1v) is 10.3. The van der Waals surface area contributed by atoms with Crippen LogP contribution in [-0.4, -0.2) is 27.4 Å². The molecule has 6 nitrogen and oxygen atoms in total. The van der Waals surface area contributed by atoms with Gasteiger partial charge in [-0.3, -0.25) is 9.48 Å². The summed E-state index contributed by atoms with van der Waals surface area (Å²) in [4.78, 5) is 15.3. The van der Waals surface area contributed by atoms with Gasteiger partial charge in [0.2, 0.25) is 12.7 Å². The van der Waals surface area contributed by atoms with Crippen LogP contribution in [0.1, 0.15) is 49.8 Å². The third kappa shape index (κ3) is 4.27. The average Bonchev–Trinajstić information content (AvgIpc) is 3.15. The van der Waals surface area contributed by atoms with Crippen molar-refractivity contribution in [3.8, 4) is 11.5 Å².